The van der Waals surface area contributed by atoms with Gasteiger partial charge in [-0.3, -0.25) is 4.79 Å². The number of para-hydroxylation sites is 2. The molecule has 0 bridgehead atoms. The summed E-state index contributed by atoms with van der Waals surface area (Å²) < 4.78 is 7.85. The second-order valence-corrected chi connectivity index (χ2v) is 6.29. The molecule has 0 aliphatic rings. The highest BCUT2D eigenvalue weighted by Crippen LogP contribution is 2.17. The lowest BCUT2D eigenvalue weighted by atomic mass is 10.2. The van der Waals surface area contributed by atoms with Crippen LogP contribution < -0.4 is 10.0 Å². The number of aromatic nitrogens is 2. The number of fused-ring (bicyclic) bond motifs is 1. The predicted molar refractivity (Wildman–Crippen MR) is 100 cm³/mol. The molecule has 2 aromatic carbocycles. The third-order valence-corrected chi connectivity index (χ3v) is 4.28. The molecule has 0 radical (unpaired) electrons. The number of nitrogens with one attached hydrogen (secondary N) is 3. The summed E-state index contributed by atoms with van der Waals surface area (Å²) in [5.74, 6) is 0.511. The van der Waals surface area contributed by atoms with Crippen molar-refractivity contribution in [3.63, 3.8) is 0 Å². The number of rotatable bonds is 8. The van der Waals surface area contributed by atoms with Crippen molar-refractivity contribution in [2.75, 3.05) is 18.5 Å². The highest BCUT2D eigenvalue weighted by molar-refractivity contribution is 7.97. The number of aromatic amines is 1. The summed E-state index contributed by atoms with van der Waals surface area (Å²) in [6.45, 7) is 3.07. The molecule has 3 aromatic rings. The van der Waals surface area contributed by atoms with Crippen LogP contribution >= 0.6 is 11.9 Å². The third kappa shape index (κ3) is 4.98. The first-order chi connectivity index (χ1) is 12.2. The van der Waals surface area contributed by atoms with Gasteiger partial charge < -0.3 is 15.0 Å². The zero-order chi connectivity index (χ0) is 17.5. The quantitative estimate of drug-likeness (QED) is 0.424. The Morgan fingerprint density at radius 1 is 1.20 bits per heavy atom. The standard InChI is InChI=1S/C18H20N4O2S/c1-2-24-17(23)12-20-25-14-9-7-13(8-10-14)11-19-18-21-15-5-3-4-6-16(15)22-18/h3-10,20H,2,11-12H2,1H3,(H2,19,21,22). The Bertz CT molecular complexity index is 799. The van der Waals surface area contributed by atoms with E-state index < -0.39 is 0 Å². The van der Waals surface area contributed by atoms with Crippen molar-refractivity contribution in [1.29, 1.82) is 0 Å². The van der Waals surface area contributed by atoms with Crippen molar-refractivity contribution in [3.05, 3.63) is 54.1 Å². The van der Waals surface area contributed by atoms with Crippen LogP contribution in [0.3, 0.4) is 0 Å². The zero-order valence-electron chi connectivity index (χ0n) is 13.9. The fraction of sp³-hybridized carbons (Fsp3) is 0.222. The number of carbonyl (C=O) groups excluding carboxylic acids is 1. The van der Waals surface area contributed by atoms with Crippen LogP contribution in [-0.2, 0) is 16.1 Å². The van der Waals surface area contributed by atoms with Gasteiger partial charge in [0.2, 0.25) is 5.95 Å². The first-order valence-electron chi connectivity index (χ1n) is 8.07. The molecule has 0 atom stereocenters. The summed E-state index contributed by atoms with van der Waals surface area (Å²) in [4.78, 5) is 20.0. The van der Waals surface area contributed by atoms with Crippen molar-refractivity contribution < 1.29 is 9.53 Å². The average Bonchev–Trinajstić information content (AvgIpc) is 3.04. The number of hydrogen-bond donors (Lipinski definition) is 3. The Morgan fingerprint density at radius 3 is 2.76 bits per heavy atom. The van der Waals surface area contributed by atoms with E-state index in [0.29, 0.717) is 13.2 Å². The SMILES string of the molecule is CCOC(=O)CNSc1ccc(CNc2nc3ccccc3[nH]2)cc1. The number of imidazole rings is 1. The Labute approximate surface area is 150 Å². The highest BCUT2D eigenvalue weighted by Gasteiger charge is 2.03. The molecule has 1 aromatic heterocycles. The zero-order valence-corrected chi connectivity index (χ0v) is 14.7. The van der Waals surface area contributed by atoms with E-state index in [2.05, 4.69) is 20.0 Å². The summed E-state index contributed by atoms with van der Waals surface area (Å²) in [5.41, 5.74) is 3.11. The van der Waals surface area contributed by atoms with Gasteiger partial charge >= 0.3 is 5.97 Å². The molecule has 3 rings (SSSR count). The summed E-state index contributed by atoms with van der Waals surface area (Å²) in [6, 6.07) is 16.1. The summed E-state index contributed by atoms with van der Waals surface area (Å²) in [5, 5.41) is 3.29. The molecule has 0 unspecified atom stereocenters. The number of nitrogens with zero attached hydrogens (tertiary/aromatic N) is 1. The molecule has 25 heavy (non-hydrogen) atoms. The Kier molecular flexibility index (Phi) is 5.92. The van der Waals surface area contributed by atoms with Crippen LogP contribution in [0.15, 0.2) is 53.4 Å². The molecule has 0 fully saturated rings. The molecule has 0 aliphatic carbocycles. The second kappa shape index (κ2) is 8.55. The Hall–Kier alpha value is -2.51. The average molecular weight is 356 g/mol. The number of benzene rings is 2. The van der Waals surface area contributed by atoms with E-state index in [1.165, 1.54) is 11.9 Å². The van der Waals surface area contributed by atoms with Gasteiger partial charge in [-0.25, -0.2) is 9.71 Å². The number of esters is 1. The molecule has 0 aliphatic heterocycles. The van der Waals surface area contributed by atoms with Gasteiger partial charge in [0.15, 0.2) is 0 Å². The van der Waals surface area contributed by atoms with E-state index in [9.17, 15) is 4.79 Å². The molecule has 6 nitrogen and oxygen atoms in total. The molecular weight excluding hydrogens is 336 g/mol. The number of H-pyrrole nitrogens is 1. The summed E-state index contributed by atoms with van der Waals surface area (Å²) in [6.07, 6.45) is 0. The fourth-order valence-corrected chi connectivity index (χ4v) is 2.92. The van der Waals surface area contributed by atoms with Gasteiger partial charge in [0.1, 0.15) is 6.54 Å². The van der Waals surface area contributed by atoms with E-state index in [-0.39, 0.29) is 12.5 Å². The smallest absolute Gasteiger partial charge is 0.320 e. The lowest BCUT2D eigenvalue weighted by Crippen LogP contribution is -2.19. The minimum atomic E-state index is -0.248. The van der Waals surface area contributed by atoms with Crippen molar-refractivity contribution >= 4 is 34.9 Å². The molecule has 1 heterocycles. The van der Waals surface area contributed by atoms with Gasteiger partial charge in [-0.05, 0) is 48.7 Å². The van der Waals surface area contributed by atoms with E-state index in [0.717, 1.165) is 27.4 Å². The van der Waals surface area contributed by atoms with Gasteiger partial charge in [-0.2, -0.15) is 0 Å². The van der Waals surface area contributed by atoms with Gasteiger partial charge in [-0.1, -0.05) is 24.3 Å². The second-order valence-electron chi connectivity index (χ2n) is 5.33. The van der Waals surface area contributed by atoms with Gasteiger partial charge in [0, 0.05) is 11.4 Å². The largest absolute Gasteiger partial charge is 0.465 e. The summed E-state index contributed by atoms with van der Waals surface area (Å²) >= 11 is 1.41. The maximum atomic E-state index is 11.3. The van der Waals surface area contributed by atoms with Crippen LogP contribution in [-0.4, -0.2) is 29.1 Å². The number of ether oxygens (including phenoxy) is 1. The van der Waals surface area contributed by atoms with Gasteiger partial charge in [-0.15, -0.1) is 0 Å². The predicted octanol–water partition coefficient (Wildman–Crippen LogP) is 3.33. The first kappa shape index (κ1) is 17.3. The third-order valence-electron chi connectivity index (χ3n) is 3.48. The molecule has 0 saturated heterocycles. The molecular formula is C18H20N4O2S. The number of anilines is 1. The number of hydrogen-bond acceptors (Lipinski definition) is 6. The van der Waals surface area contributed by atoms with Gasteiger partial charge in [0.25, 0.3) is 0 Å². The van der Waals surface area contributed by atoms with Crippen LogP contribution in [0, 0.1) is 0 Å². The molecule has 0 amide bonds. The maximum absolute atomic E-state index is 11.3. The Balaban J connectivity index is 1.48. The van der Waals surface area contributed by atoms with Crippen molar-refractivity contribution in [1.82, 2.24) is 14.7 Å². The molecule has 7 heteroatoms. The van der Waals surface area contributed by atoms with Gasteiger partial charge in [0.05, 0.1) is 17.6 Å². The molecule has 3 N–H and O–H groups in total. The number of carbonyl (C=O) groups is 1. The van der Waals surface area contributed by atoms with Crippen LogP contribution in [0.2, 0.25) is 0 Å². The minimum Gasteiger partial charge on any atom is -0.465 e. The molecule has 0 spiro atoms. The fourth-order valence-electron chi connectivity index (χ4n) is 2.29. The highest BCUT2D eigenvalue weighted by atomic mass is 32.2. The van der Waals surface area contributed by atoms with Crippen LogP contribution in [0.25, 0.3) is 11.0 Å². The van der Waals surface area contributed by atoms with Crippen molar-refractivity contribution in [2.45, 2.75) is 18.4 Å². The Morgan fingerprint density at radius 2 is 2.00 bits per heavy atom. The van der Waals surface area contributed by atoms with E-state index in [1.54, 1.807) is 6.92 Å². The van der Waals surface area contributed by atoms with Crippen LogP contribution in [0.5, 0.6) is 0 Å². The van der Waals surface area contributed by atoms with Crippen molar-refractivity contribution in [3.8, 4) is 0 Å². The first-order valence-corrected chi connectivity index (χ1v) is 8.89. The maximum Gasteiger partial charge on any atom is 0.320 e. The minimum absolute atomic E-state index is 0.188. The topological polar surface area (TPSA) is 79.0 Å². The monoisotopic (exact) mass is 356 g/mol. The van der Waals surface area contributed by atoms with Crippen LogP contribution in [0.4, 0.5) is 5.95 Å². The lowest BCUT2D eigenvalue weighted by molar-refractivity contribution is -0.141. The van der Waals surface area contributed by atoms with E-state index in [4.69, 9.17) is 4.74 Å². The van der Waals surface area contributed by atoms with Crippen molar-refractivity contribution in [2.24, 2.45) is 0 Å². The molecule has 130 valence electrons. The van der Waals surface area contributed by atoms with E-state index in [1.807, 2.05) is 48.5 Å². The van der Waals surface area contributed by atoms with Crippen LogP contribution in [0.1, 0.15) is 12.5 Å². The summed E-state index contributed by atoms with van der Waals surface area (Å²) in [7, 11) is 0. The molecule has 0 saturated carbocycles. The normalized spacial score (nSPS) is 10.8. The lowest BCUT2D eigenvalue weighted by Gasteiger charge is -2.06. The van der Waals surface area contributed by atoms with E-state index >= 15 is 0 Å².